The van der Waals surface area contributed by atoms with Crippen LogP contribution in [0.3, 0.4) is 0 Å². The van der Waals surface area contributed by atoms with E-state index in [0.29, 0.717) is 25.3 Å². The van der Waals surface area contributed by atoms with Crippen molar-refractivity contribution in [3.8, 4) is 0 Å². The van der Waals surface area contributed by atoms with Crippen molar-refractivity contribution in [1.29, 1.82) is 0 Å². The van der Waals surface area contributed by atoms with Crippen LogP contribution in [0, 0.1) is 23.7 Å². The molecule has 4 rings (SSSR count). The third kappa shape index (κ3) is 6.02. The number of aliphatic hydroxyl groups is 3. The summed E-state index contributed by atoms with van der Waals surface area (Å²) in [6.45, 7) is 2.31. The lowest BCUT2D eigenvalue weighted by Crippen LogP contribution is -2.62. The number of allylic oxidation sites excluding steroid dienone is 1. The molecule has 4 N–H and O–H groups in total. The van der Waals surface area contributed by atoms with Crippen molar-refractivity contribution >= 4 is 11.8 Å². The molecular formula is C24H39F3N2O3S. The fourth-order valence-electron chi connectivity index (χ4n) is 6.50. The summed E-state index contributed by atoms with van der Waals surface area (Å²) < 4.78 is 41.3. The van der Waals surface area contributed by atoms with Gasteiger partial charge in [-0.25, -0.2) is 0 Å². The number of fused-ring (bicyclic) bond motifs is 1. The first-order valence-electron chi connectivity index (χ1n) is 12.6. The van der Waals surface area contributed by atoms with Gasteiger partial charge in [0.1, 0.15) is 6.23 Å². The molecule has 9 heteroatoms. The third-order valence-electron chi connectivity index (χ3n) is 8.46. The Hall–Kier alpha value is -0.480. The molecule has 0 bridgehead atoms. The Kier molecular flexibility index (Phi) is 8.26. The molecule has 190 valence electrons. The molecule has 2 aliphatic carbocycles. The Balaban J connectivity index is 1.47. The topological polar surface area (TPSA) is 76.0 Å². The van der Waals surface area contributed by atoms with Crippen LogP contribution in [-0.2, 0) is 0 Å². The number of hydrogen-bond donors (Lipinski definition) is 4. The molecule has 0 radical (unpaired) electrons. The summed E-state index contributed by atoms with van der Waals surface area (Å²) in [7, 11) is 0. The van der Waals surface area contributed by atoms with E-state index < -0.39 is 30.5 Å². The van der Waals surface area contributed by atoms with E-state index in [2.05, 4.69) is 11.4 Å². The molecule has 5 nitrogen and oxygen atoms in total. The number of nitrogens with zero attached hydrogens (tertiary/aromatic N) is 1. The van der Waals surface area contributed by atoms with Gasteiger partial charge in [-0.05, 0) is 70.1 Å². The highest BCUT2D eigenvalue weighted by atomic mass is 32.2. The number of alkyl halides is 3. The second-order valence-electron chi connectivity index (χ2n) is 10.7. The smallest absolute Gasteiger partial charge is 0.377 e. The third-order valence-corrected chi connectivity index (χ3v) is 9.97. The maximum atomic E-state index is 13.8. The van der Waals surface area contributed by atoms with E-state index in [9.17, 15) is 28.5 Å². The second-order valence-corrected chi connectivity index (χ2v) is 12.0. The highest BCUT2D eigenvalue weighted by Gasteiger charge is 2.49. The summed E-state index contributed by atoms with van der Waals surface area (Å²) >= 11 is 1.74. The summed E-state index contributed by atoms with van der Waals surface area (Å²) in [6, 6.07) is -0.0129. The van der Waals surface area contributed by atoms with Gasteiger partial charge < -0.3 is 20.6 Å². The number of aliphatic hydroxyl groups excluding tert-OH is 2. The molecule has 0 amide bonds. The number of halogens is 3. The quantitative estimate of drug-likeness (QED) is 0.431. The lowest BCUT2D eigenvalue weighted by atomic mass is 9.77. The minimum Gasteiger partial charge on any atom is -0.377 e. The fraction of sp³-hybridized carbons (Fsp3) is 0.917. The molecule has 0 aromatic heterocycles. The van der Waals surface area contributed by atoms with Gasteiger partial charge in [-0.3, -0.25) is 4.90 Å². The Morgan fingerprint density at radius 3 is 2.48 bits per heavy atom. The van der Waals surface area contributed by atoms with Crippen molar-refractivity contribution in [2.45, 2.75) is 106 Å². The van der Waals surface area contributed by atoms with E-state index in [1.807, 2.05) is 11.8 Å². The van der Waals surface area contributed by atoms with Crippen LogP contribution in [0.4, 0.5) is 13.2 Å². The van der Waals surface area contributed by atoms with E-state index >= 15 is 0 Å². The van der Waals surface area contributed by atoms with Crippen molar-refractivity contribution in [2.75, 3.05) is 6.54 Å². The Bertz CT molecular complexity index is 684. The van der Waals surface area contributed by atoms with Crippen molar-refractivity contribution in [1.82, 2.24) is 10.2 Å². The predicted octanol–water partition coefficient (Wildman–Crippen LogP) is 4.19. The van der Waals surface area contributed by atoms with E-state index in [0.717, 1.165) is 50.6 Å². The van der Waals surface area contributed by atoms with Crippen LogP contribution in [0.25, 0.3) is 0 Å². The molecule has 6 atom stereocenters. The summed E-state index contributed by atoms with van der Waals surface area (Å²) in [5.74, 6) is -1.43. The Morgan fingerprint density at radius 2 is 1.82 bits per heavy atom. The van der Waals surface area contributed by atoms with Gasteiger partial charge in [0.15, 0.2) is 6.29 Å². The van der Waals surface area contributed by atoms with E-state index in [1.54, 1.807) is 11.8 Å². The Labute approximate surface area is 199 Å². The van der Waals surface area contributed by atoms with Gasteiger partial charge in [0.05, 0.1) is 11.3 Å². The number of rotatable bonds is 5. The molecule has 0 aromatic rings. The summed E-state index contributed by atoms with van der Waals surface area (Å²) in [5, 5.41) is 33.9. The fourth-order valence-corrected chi connectivity index (χ4v) is 8.26. The van der Waals surface area contributed by atoms with Gasteiger partial charge in [0, 0.05) is 29.5 Å². The maximum absolute atomic E-state index is 13.8. The molecule has 4 aliphatic rings. The van der Waals surface area contributed by atoms with Gasteiger partial charge in [-0.2, -0.15) is 13.2 Å². The standard InChI is InChI=1S/C24H39F3N2O3S/c1-14-6-11-19-21(28-14)33-20(12-15-7-9-16(10-8-15)23(31)32)22(30)29(19)13-17-4-2-3-5-18(17)24(25,26)27/h6,15-23,28,30-32H,2-5,7-13H2,1H3. The molecule has 2 aliphatic heterocycles. The lowest BCUT2D eigenvalue weighted by Gasteiger charge is -2.52. The van der Waals surface area contributed by atoms with Gasteiger partial charge in [-0.1, -0.05) is 18.9 Å². The van der Waals surface area contributed by atoms with Crippen LogP contribution in [0.1, 0.15) is 71.1 Å². The molecule has 6 unspecified atom stereocenters. The van der Waals surface area contributed by atoms with Crippen LogP contribution >= 0.6 is 11.8 Å². The monoisotopic (exact) mass is 492 g/mol. The van der Waals surface area contributed by atoms with Gasteiger partial charge in [0.2, 0.25) is 0 Å². The van der Waals surface area contributed by atoms with E-state index in [-0.39, 0.29) is 29.0 Å². The number of hydrogen-bond acceptors (Lipinski definition) is 6. The van der Waals surface area contributed by atoms with Gasteiger partial charge >= 0.3 is 6.18 Å². The second kappa shape index (κ2) is 10.6. The molecular weight excluding hydrogens is 453 g/mol. The highest BCUT2D eigenvalue weighted by Crippen LogP contribution is 2.46. The molecule has 0 aromatic carbocycles. The molecule has 33 heavy (non-hydrogen) atoms. The van der Waals surface area contributed by atoms with Crippen molar-refractivity contribution in [2.24, 2.45) is 23.7 Å². The summed E-state index contributed by atoms with van der Waals surface area (Å²) in [4.78, 5) is 1.99. The minimum atomic E-state index is -4.18. The first-order chi connectivity index (χ1) is 15.6. The van der Waals surface area contributed by atoms with Crippen LogP contribution < -0.4 is 5.32 Å². The first kappa shape index (κ1) is 25.6. The number of nitrogens with one attached hydrogen (secondary N) is 1. The lowest BCUT2D eigenvalue weighted by molar-refractivity contribution is -0.201. The van der Waals surface area contributed by atoms with Crippen molar-refractivity contribution in [3.63, 3.8) is 0 Å². The summed E-state index contributed by atoms with van der Waals surface area (Å²) in [5.41, 5.74) is 1.09. The van der Waals surface area contributed by atoms with Crippen LogP contribution in [0.5, 0.6) is 0 Å². The van der Waals surface area contributed by atoms with Crippen molar-refractivity contribution in [3.05, 3.63) is 11.8 Å². The van der Waals surface area contributed by atoms with E-state index in [4.69, 9.17) is 0 Å². The zero-order valence-corrected chi connectivity index (χ0v) is 20.2. The molecule has 0 spiro atoms. The molecule has 2 saturated carbocycles. The normalized spacial score (nSPS) is 40.8. The van der Waals surface area contributed by atoms with Crippen LogP contribution in [-0.4, -0.2) is 62.1 Å². The Morgan fingerprint density at radius 1 is 1.12 bits per heavy atom. The zero-order valence-electron chi connectivity index (χ0n) is 19.4. The zero-order chi connectivity index (χ0) is 23.8. The predicted molar refractivity (Wildman–Crippen MR) is 123 cm³/mol. The summed E-state index contributed by atoms with van der Waals surface area (Å²) in [6.07, 6.45) is 2.95. The molecule has 2 heterocycles. The van der Waals surface area contributed by atoms with Crippen LogP contribution in [0.2, 0.25) is 0 Å². The maximum Gasteiger partial charge on any atom is 0.392 e. The van der Waals surface area contributed by atoms with Crippen molar-refractivity contribution < 1.29 is 28.5 Å². The largest absolute Gasteiger partial charge is 0.392 e. The minimum absolute atomic E-state index is 0.0129. The van der Waals surface area contributed by atoms with E-state index in [1.165, 1.54) is 0 Å². The van der Waals surface area contributed by atoms with Gasteiger partial charge in [0.25, 0.3) is 0 Å². The van der Waals surface area contributed by atoms with Gasteiger partial charge in [-0.15, -0.1) is 11.8 Å². The molecule has 3 fully saturated rings. The van der Waals surface area contributed by atoms with Crippen LogP contribution in [0.15, 0.2) is 11.8 Å². The average molecular weight is 493 g/mol. The number of thioether (sulfide) groups is 1. The highest BCUT2D eigenvalue weighted by molar-refractivity contribution is 8.00. The SMILES string of the molecule is CC1=CCC2C(N1)SC(CC1CCC(C(O)O)CC1)C(O)N2CC1CCCCC1C(F)(F)F. The first-order valence-corrected chi connectivity index (χ1v) is 13.5. The molecule has 1 saturated heterocycles. The average Bonchev–Trinajstić information content (AvgIpc) is 2.76.